The lowest BCUT2D eigenvalue weighted by Crippen LogP contribution is -2.23. The Bertz CT molecular complexity index is 284. The quantitative estimate of drug-likeness (QED) is 0.579. The molecule has 0 saturated heterocycles. The smallest absolute Gasteiger partial charge is 0.404 e. The van der Waals surface area contributed by atoms with Crippen molar-refractivity contribution in [1.82, 2.24) is 15.1 Å². The number of nitrogens with two attached hydrogens (primary N) is 1. The topological polar surface area (TPSA) is 93.2 Å². The molecule has 1 heterocycles. The van der Waals surface area contributed by atoms with Gasteiger partial charge in [-0.3, -0.25) is 4.68 Å². The van der Waals surface area contributed by atoms with Crippen LogP contribution in [0.5, 0.6) is 0 Å². The highest BCUT2D eigenvalue weighted by atomic mass is 16.4. The monoisotopic (exact) mass is 184 g/mol. The number of amides is 1. The fourth-order valence-corrected chi connectivity index (χ4v) is 0.954. The molecule has 0 atom stereocenters. The lowest BCUT2D eigenvalue weighted by atomic mass is 10.4. The Kier molecular flexibility index (Phi) is 3.13. The van der Waals surface area contributed by atoms with Gasteiger partial charge in [-0.25, -0.2) is 4.79 Å². The Morgan fingerprint density at radius 3 is 3.08 bits per heavy atom. The molecule has 0 aliphatic rings. The molecule has 1 aromatic heterocycles. The van der Waals surface area contributed by atoms with Gasteiger partial charge < -0.3 is 16.2 Å². The summed E-state index contributed by atoms with van der Waals surface area (Å²) in [6, 6.07) is 1.70. The summed E-state index contributed by atoms with van der Waals surface area (Å²) < 4.78 is 1.63. The van der Waals surface area contributed by atoms with E-state index in [0.717, 1.165) is 0 Å². The first-order chi connectivity index (χ1) is 6.20. The zero-order chi connectivity index (χ0) is 9.68. The van der Waals surface area contributed by atoms with Crippen molar-refractivity contribution in [3.8, 4) is 0 Å². The number of carbonyl (C=O) groups is 1. The van der Waals surface area contributed by atoms with Crippen molar-refractivity contribution >= 4 is 11.9 Å². The van der Waals surface area contributed by atoms with Crippen molar-refractivity contribution in [1.29, 1.82) is 0 Å². The number of hydrogen-bond acceptors (Lipinski definition) is 3. The second-order valence-corrected chi connectivity index (χ2v) is 2.56. The molecule has 0 fully saturated rings. The van der Waals surface area contributed by atoms with Crippen molar-refractivity contribution in [2.75, 3.05) is 12.3 Å². The predicted molar refractivity (Wildman–Crippen MR) is 47.3 cm³/mol. The minimum atomic E-state index is -1.01. The third kappa shape index (κ3) is 3.02. The molecule has 0 aliphatic carbocycles. The van der Waals surface area contributed by atoms with Gasteiger partial charge in [0, 0.05) is 13.1 Å². The summed E-state index contributed by atoms with van der Waals surface area (Å²) in [7, 11) is 0. The van der Waals surface area contributed by atoms with E-state index in [2.05, 4.69) is 10.4 Å². The first-order valence-electron chi connectivity index (χ1n) is 3.94. The minimum absolute atomic E-state index is 0.411. The fraction of sp³-hybridized carbons (Fsp3) is 0.429. The number of nitrogens with one attached hydrogen (secondary N) is 1. The third-order valence-electron chi connectivity index (χ3n) is 1.57. The van der Waals surface area contributed by atoms with E-state index in [4.69, 9.17) is 10.8 Å². The summed E-state index contributed by atoms with van der Waals surface area (Å²) in [4.78, 5) is 10.1. The number of nitrogens with zero attached hydrogens (tertiary/aromatic N) is 2. The van der Waals surface area contributed by atoms with Crippen LogP contribution >= 0.6 is 0 Å². The number of carboxylic acid groups (broad SMARTS) is 1. The average Bonchev–Trinajstić information content (AvgIpc) is 2.45. The van der Waals surface area contributed by atoms with Gasteiger partial charge in [-0.15, -0.1) is 0 Å². The molecule has 6 heteroatoms. The molecule has 1 rings (SSSR count). The highest BCUT2D eigenvalue weighted by molar-refractivity contribution is 5.64. The van der Waals surface area contributed by atoms with Crippen LogP contribution < -0.4 is 11.1 Å². The van der Waals surface area contributed by atoms with E-state index in [1.807, 2.05) is 0 Å². The van der Waals surface area contributed by atoms with Crippen molar-refractivity contribution in [2.24, 2.45) is 0 Å². The van der Waals surface area contributed by atoms with Crippen LogP contribution in [-0.2, 0) is 6.54 Å². The minimum Gasteiger partial charge on any atom is -0.465 e. The summed E-state index contributed by atoms with van der Waals surface area (Å²) in [5.41, 5.74) is 5.55. The molecule has 72 valence electrons. The van der Waals surface area contributed by atoms with Crippen LogP contribution in [0.1, 0.15) is 6.42 Å². The van der Waals surface area contributed by atoms with Crippen molar-refractivity contribution < 1.29 is 9.90 Å². The van der Waals surface area contributed by atoms with Gasteiger partial charge in [-0.05, 0) is 12.5 Å². The molecule has 0 bridgehead atoms. The van der Waals surface area contributed by atoms with Crippen molar-refractivity contribution in [3.63, 3.8) is 0 Å². The molecule has 1 aromatic rings. The van der Waals surface area contributed by atoms with E-state index >= 15 is 0 Å². The summed E-state index contributed by atoms with van der Waals surface area (Å²) in [6.45, 7) is 1.04. The van der Waals surface area contributed by atoms with E-state index in [-0.39, 0.29) is 0 Å². The standard InChI is InChI=1S/C7H12N4O2/c8-6-2-4-10-11(6)5-1-3-9-7(12)13/h2,4,9H,1,3,5,8H2,(H,12,13). The maximum Gasteiger partial charge on any atom is 0.404 e. The number of rotatable bonds is 4. The molecule has 0 radical (unpaired) electrons. The second kappa shape index (κ2) is 4.34. The van der Waals surface area contributed by atoms with Crippen LogP contribution in [0, 0.1) is 0 Å². The number of aromatic nitrogens is 2. The zero-order valence-electron chi connectivity index (χ0n) is 7.10. The van der Waals surface area contributed by atoms with E-state index in [9.17, 15) is 4.79 Å². The summed E-state index contributed by atoms with van der Waals surface area (Å²) in [6.07, 6.45) is 1.28. The Labute approximate surface area is 75.3 Å². The van der Waals surface area contributed by atoms with Crippen LogP contribution in [0.4, 0.5) is 10.6 Å². The molecule has 4 N–H and O–H groups in total. The molecular formula is C7H12N4O2. The SMILES string of the molecule is Nc1ccnn1CCCNC(=O)O. The van der Waals surface area contributed by atoms with Crippen LogP contribution in [0.2, 0.25) is 0 Å². The highest BCUT2D eigenvalue weighted by Gasteiger charge is 1.97. The van der Waals surface area contributed by atoms with Gasteiger partial charge >= 0.3 is 6.09 Å². The van der Waals surface area contributed by atoms with Gasteiger partial charge in [0.05, 0.1) is 6.20 Å². The number of hydrogen-bond donors (Lipinski definition) is 3. The van der Waals surface area contributed by atoms with Gasteiger partial charge in [0.2, 0.25) is 0 Å². The molecule has 0 aromatic carbocycles. The van der Waals surface area contributed by atoms with E-state index < -0.39 is 6.09 Å². The number of nitrogen functional groups attached to an aromatic ring is 1. The largest absolute Gasteiger partial charge is 0.465 e. The van der Waals surface area contributed by atoms with Crippen LogP contribution in [0.25, 0.3) is 0 Å². The fourth-order valence-electron chi connectivity index (χ4n) is 0.954. The molecule has 0 unspecified atom stereocenters. The van der Waals surface area contributed by atoms with E-state index in [1.54, 1.807) is 16.9 Å². The maximum absolute atomic E-state index is 10.1. The zero-order valence-corrected chi connectivity index (χ0v) is 7.10. The Morgan fingerprint density at radius 2 is 2.54 bits per heavy atom. The highest BCUT2D eigenvalue weighted by Crippen LogP contribution is 1.99. The van der Waals surface area contributed by atoms with E-state index in [0.29, 0.717) is 25.3 Å². The van der Waals surface area contributed by atoms with Gasteiger partial charge in [0.25, 0.3) is 0 Å². The van der Waals surface area contributed by atoms with Gasteiger partial charge in [-0.2, -0.15) is 5.10 Å². The third-order valence-corrected chi connectivity index (χ3v) is 1.57. The van der Waals surface area contributed by atoms with E-state index in [1.165, 1.54) is 0 Å². The second-order valence-electron chi connectivity index (χ2n) is 2.56. The lowest BCUT2D eigenvalue weighted by Gasteiger charge is -2.03. The van der Waals surface area contributed by atoms with Crippen LogP contribution in [0.3, 0.4) is 0 Å². The Hall–Kier alpha value is -1.72. The first-order valence-corrected chi connectivity index (χ1v) is 3.94. The molecule has 6 nitrogen and oxygen atoms in total. The summed E-state index contributed by atoms with van der Waals surface area (Å²) in [5, 5.41) is 14.5. The molecular weight excluding hydrogens is 172 g/mol. The van der Waals surface area contributed by atoms with Crippen LogP contribution in [-0.4, -0.2) is 27.5 Å². The van der Waals surface area contributed by atoms with Gasteiger partial charge in [0.1, 0.15) is 5.82 Å². The Morgan fingerprint density at radius 1 is 1.77 bits per heavy atom. The van der Waals surface area contributed by atoms with Crippen LogP contribution in [0.15, 0.2) is 12.3 Å². The molecule has 0 saturated carbocycles. The Balaban J connectivity index is 2.20. The molecule has 13 heavy (non-hydrogen) atoms. The number of anilines is 1. The van der Waals surface area contributed by atoms with Gasteiger partial charge in [-0.1, -0.05) is 0 Å². The summed E-state index contributed by atoms with van der Waals surface area (Å²) >= 11 is 0. The lowest BCUT2D eigenvalue weighted by molar-refractivity contribution is 0.194. The molecule has 0 spiro atoms. The van der Waals surface area contributed by atoms with Crippen molar-refractivity contribution in [2.45, 2.75) is 13.0 Å². The summed E-state index contributed by atoms with van der Waals surface area (Å²) in [5.74, 6) is 0.593. The normalized spacial score (nSPS) is 9.85. The molecule has 0 aliphatic heterocycles. The molecule has 1 amide bonds. The number of aryl methyl sites for hydroxylation is 1. The first kappa shape index (κ1) is 9.37. The maximum atomic E-state index is 10.1. The average molecular weight is 184 g/mol. The predicted octanol–water partition coefficient (Wildman–Crippen LogP) is 0.123. The van der Waals surface area contributed by atoms with Crippen molar-refractivity contribution in [3.05, 3.63) is 12.3 Å². The van der Waals surface area contributed by atoms with Gasteiger partial charge in [0.15, 0.2) is 0 Å².